The third-order valence-electron chi connectivity index (χ3n) is 5.41. The normalized spacial score (nSPS) is 15.7. The molecule has 30 heavy (non-hydrogen) atoms. The van der Waals surface area contributed by atoms with Crippen LogP contribution in [0.15, 0.2) is 48.5 Å². The van der Waals surface area contributed by atoms with Crippen molar-refractivity contribution in [3.63, 3.8) is 0 Å². The molecule has 0 aromatic heterocycles. The van der Waals surface area contributed by atoms with Crippen molar-refractivity contribution < 1.29 is 17.9 Å². The number of hydrogen-bond donors (Lipinski definition) is 1. The SMILES string of the molecule is CCOc1ccccc1CNC(=O)C1CCN(S(=O)(=O)Cc2ccc(C)cc2)CC1. The molecule has 7 heteroatoms. The highest BCUT2D eigenvalue weighted by atomic mass is 32.2. The fourth-order valence-electron chi connectivity index (χ4n) is 3.66. The highest BCUT2D eigenvalue weighted by Crippen LogP contribution is 2.23. The summed E-state index contributed by atoms with van der Waals surface area (Å²) in [5, 5.41) is 2.98. The van der Waals surface area contributed by atoms with Gasteiger partial charge < -0.3 is 10.1 Å². The van der Waals surface area contributed by atoms with Crippen LogP contribution in [0.5, 0.6) is 5.75 Å². The zero-order chi connectivity index (χ0) is 21.6. The third kappa shape index (κ3) is 5.83. The highest BCUT2D eigenvalue weighted by Gasteiger charge is 2.31. The molecule has 1 saturated heterocycles. The Hall–Kier alpha value is -2.38. The molecule has 0 radical (unpaired) electrons. The van der Waals surface area contributed by atoms with E-state index in [0.717, 1.165) is 22.4 Å². The first-order valence-electron chi connectivity index (χ1n) is 10.4. The standard InChI is InChI=1S/C23H30N2O4S/c1-3-29-22-7-5-4-6-21(22)16-24-23(26)20-12-14-25(15-13-20)30(27,28)17-19-10-8-18(2)9-11-19/h4-11,20H,3,12-17H2,1-2H3,(H,24,26). The molecule has 3 rings (SSSR count). The van der Waals surface area contributed by atoms with Gasteiger partial charge in [0, 0.05) is 31.1 Å². The van der Waals surface area contributed by atoms with Crippen molar-refractivity contribution in [2.24, 2.45) is 5.92 Å². The molecular formula is C23H30N2O4S. The van der Waals surface area contributed by atoms with Gasteiger partial charge in [0.15, 0.2) is 0 Å². The van der Waals surface area contributed by atoms with Crippen LogP contribution in [-0.4, -0.2) is 38.3 Å². The third-order valence-corrected chi connectivity index (χ3v) is 7.26. The summed E-state index contributed by atoms with van der Waals surface area (Å²) >= 11 is 0. The van der Waals surface area contributed by atoms with E-state index >= 15 is 0 Å². The number of rotatable bonds is 8. The number of aryl methyl sites for hydroxylation is 1. The zero-order valence-corrected chi connectivity index (χ0v) is 18.5. The van der Waals surface area contributed by atoms with E-state index in [-0.39, 0.29) is 17.6 Å². The van der Waals surface area contributed by atoms with Gasteiger partial charge in [-0.05, 0) is 38.3 Å². The van der Waals surface area contributed by atoms with E-state index in [1.807, 2.05) is 62.4 Å². The predicted molar refractivity (Wildman–Crippen MR) is 118 cm³/mol. The predicted octanol–water partition coefficient (Wildman–Crippen LogP) is 3.25. The van der Waals surface area contributed by atoms with Crippen molar-refractivity contribution in [1.29, 1.82) is 0 Å². The first kappa shape index (κ1) is 22.3. The number of para-hydroxylation sites is 1. The first-order valence-corrected chi connectivity index (χ1v) is 12.0. The molecule has 0 atom stereocenters. The lowest BCUT2D eigenvalue weighted by atomic mass is 9.97. The van der Waals surface area contributed by atoms with Crippen LogP contribution in [0.4, 0.5) is 0 Å². The monoisotopic (exact) mass is 430 g/mol. The fraction of sp³-hybridized carbons (Fsp3) is 0.435. The molecule has 1 amide bonds. The van der Waals surface area contributed by atoms with E-state index in [1.165, 1.54) is 4.31 Å². The maximum atomic E-state index is 12.7. The zero-order valence-electron chi connectivity index (χ0n) is 17.6. The number of ether oxygens (including phenoxy) is 1. The van der Waals surface area contributed by atoms with Gasteiger partial charge in [-0.3, -0.25) is 4.79 Å². The minimum Gasteiger partial charge on any atom is -0.494 e. The van der Waals surface area contributed by atoms with Gasteiger partial charge in [-0.25, -0.2) is 12.7 Å². The smallest absolute Gasteiger partial charge is 0.223 e. The van der Waals surface area contributed by atoms with Crippen molar-refractivity contribution in [2.75, 3.05) is 19.7 Å². The number of sulfonamides is 1. The topological polar surface area (TPSA) is 75.7 Å². The second kappa shape index (κ2) is 10.1. The lowest BCUT2D eigenvalue weighted by Crippen LogP contribution is -2.43. The lowest BCUT2D eigenvalue weighted by molar-refractivity contribution is -0.126. The van der Waals surface area contributed by atoms with Gasteiger partial charge >= 0.3 is 0 Å². The molecule has 2 aromatic carbocycles. The Morgan fingerprint density at radius 3 is 2.43 bits per heavy atom. The average Bonchev–Trinajstić information content (AvgIpc) is 2.75. The van der Waals surface area contributed by atoms with Gasteiger partial charge in [0.2, 0.25) is 15.9 Å². The molecule has 1 aliphatic heterocycles. The van der Waals surface area contributed by atoms with E-state index in [1.54, 1.807) is 0 Å². The van der Waals surface area contributed by atoms with E-state index < -0.39 is 10.0 Å². The van der Waals surface area contributed by atoms with Gasteiger partial charge in [-0.1, -0.05) is 48.0 Å². The summed E-state index contributed by atoms with van der Waals surface area (Å²) in [5.41, 5.74) is 2.83. The molecular weight excluding hydrogens is 400 g/mol. The molecule has 1 heterocycles. The van der Waals surface area contributed by atoms with E-state index in [2.05, 4.69) is 5.32 Å². The minimum absolute atomic E-state index is 0.00163. The molecule has 1 fully saturated rings. The molecule has 6 nitrogen and oxygen atoms in total. The van der Waals surface area contributed by atoms with E-state index in [9.17, 15) is 13.2 Å². The van der Waals surface area contributed by atoms with Crippen LogP contribution in [0.25, 0.3) is 0 Å². The molecule has 1 N–H and O–H groups in total. The molecule has 0 spiro atoms. The Balaban J connectivity index is 1.51. The van der Waals surface area contributed by atoms with Crippen LogP contribution in [0.1, 0.15) is 36.5 Å². The number of nitrogens with zero attached hydrogens (tertiary/aromatic N) is 1. The van der Waals surface area contributed by atoms with E-state index in [0.29, 0.717) is 39.1 Å². The molecule has 0 unspecified atom stereocenters. The quantitative estimate of drug-likeness (QED) is 0.698. The van der Waals surface area contributed by atoms with Crippen molar-refractivity contribution in [1.82, 2.24) is 9.62 Å². The summed E-state index contributed by atoms with van der Waals surface area (Å²) in [6, 6.07) is 15.2. The largest absolute Gasteiger partial charge is 0.494 e. The fourth-order valence-corrected chi connectivity index (χ4v) is 5.22. The summed E-state index contributed by atoms with van der Waals surface area (Å²) in [7, 11) is -3.38. The van der Waals surface area contributed by atoms with Crippen LogP contribution in [-0.2, 0) is 27.1 Å². The molecule has 2 aromatic rings. The second-order valence-electron chi connectivity index (χ2n) is 7.67. The maximum absolute atomic E-state index is 12.7. The summed E-state index contributed by atoms with van der Waals surface area (Å²) in [4.78, 5) is 12.6. The Kier molecular flexibility index (Phi) is 7.50. The summed E-state index contributed by atoms with van der Waals surface area (Å²) in [6.07, 6.45) is 1.07. The van der Waals surface area contributed by atoms with E-state index in [4.69, 9.17) is 4.74 Å². The summed E-state index contributed by atoms with van der Waals surface area (Å²) < 4.78 is 32.6. The number of nitrogens with one attached hydrogen (secondary N) is 1. The number of hydrogen-bond acceptors (Lipinski definition) is 4. The van der Waals surface area contributed by atoms with Gasteiger partial charge in [0.25, 0.3) is 0 Å². The van der Waals surface area contributed by atoms with Crippen molar-refractivity contribution in [2.45, 2.75) is 39.0 Å². The Morgan fingerprint density at radius 2 is 1.77 bits per heavy atom. The number of benzene rings is 2. The number of amides is 1. The van der Waals surface area contributed by atoms with Crippen LogP contribution in [0.3, 0.4) is 0 Å². The Labute approximate surface area is 179 Å². The Bertz CT molecular complexity index is 949. The molecule has 0 saturated carbocycles. The van der Waals surface area contributed by atoms with Gasteiger partial charge in [0.1, 0.15) is 5.75 Å². The Morgan fingerprint density at radius 1 is 1.10 bits per heavy atom. The molecule has 0 aliphatic carbocycles. The van der Waals surface area contributed by atoms with Crippen LogP contribution < -0.4 is 10.1 Å². The first-order chi connectivity index (χ1) is 14.4. The summed E-state index contributed by atoms with van der Waals surface area (Å²) in [5.74, 6) is 0.572. The average molecular weight is 431 g/mol. The minimum atomic E-state index is -3.38. The lowest BCUT2D eigenvalue weighted by Gasteiger charge is -2.30. The van der Waals surface area contributed by atoms with Crippen LogP contribution in [0.2, 0.25) is 0 Å². The number of piperidine rings is 1. The van der Waals surface area contributed by atoms with Crippen molar-refractivity contribution in [3.8, 4) is 5.75 Å². The van der Waals surface area contributed by atoms with Gasteiger partial charge in [-0.15, -0.1) is 0 Å². The molecule has 1 aliphatic rings. The van der Waals surface area contributed by atoms with Crippen LogP contribution in [0, 0.1) is 12.8 Å². The van der Waals surface area contributed by atoms with Crippen molar-refractivity contribution in [3.05, 3.63) is 65.2 Å². The van der Waals surface area contributed by atoms with Crippen LogP contribution >= 0.6 is 0 Å². The van der Waals surface area contributed by atoms with Crippen molar-refractivity contribution >= 4 is 15.9 Å². The summed E-state index contributed by atoms with van der Waals surface area (Å²) in [6.45, 7) is 5.63. The highest BCUT2D eigenvalue weighted by molar-refractivity contribution is 7.88. The molecule has 162 valence electrons. The maximum Gasteiger partial charge on any atom is 0.223 e. The number of carbonyl (C=O) groups is 1. The van der Waals surface area contributed by atoms with Gasteiger partial charge in [-0.2, -0.15) is 0 Å². The second-order valence-corrected chi connectivity index (χ2v) is 9.64. The van der Waals surface area contributed by atoms with Gasteiger partial charge in [0.05, 0.1) is 12.4 Å². The molecule has 0 bridgehead atoms. The number of carbonyl (C=O) groups excluding carboxylic acids is 1.